The first-order valence-corrected chi connectivity index (χ1v) is 11.0. The number of Topliss-reactive ketones (excluding diaryl/α,β-unsaturated/α-hetero) is 2. The van der Waals surface area contributed by atoms with Crippen molar-refractivity contribution in [1.29, 1.82) is 5.53 Å². The molecule has 0 aliphatic heterocycles. The zero-order valence-corrected chi connectivity index (χ0v) is 19.2. The zero-order chi connectivity index (χ0) is 26.7. The van der Waals surface area contributed by atoms with Crippen LogP contribution in [-0.2, 0) is 23.9 Å². The van der Waals surface area contributed by atoms with Crippen molar-refractivity contribution in [2.45, 2.75) is 44.3 Å². The highest BCUT2D eigenvalue weighted by atomic mass is 16.5. The van der Waals surface area contributed by atoms with Crippen LogP contribution in [0.25, 0.3) is 5.76 Å². The van der Waals surface area contributed by atoms with E-state index in [2.05, 4.69) is 10.0 Å². The van der Waals surface area contributed by atoms with Crippen LogP contribution in [0.4, 0.5) is 5.69 Å². The first kappa shape index (κ1) is 24.8. The van der Waals surface area contributed by atoms with Crippen molar-refractivity contribution in [1.82, 2.24) is 4.91 Å². The molecule has 3 aliphatic carbocycles. The van der Waals surface area contributed by atoms with E-state index in [9.17, 15) is 39.6 Å². The highest BCUT2D eigenvalue weighted by molar-refractivity contribution is 6.23. The standard InChI is InChI=1S/C23H22N4O9/c1-3-12(29)36-19-9-6-11(28)15(22(24)34)20(32)23(9,35)21(33)16-13(19)7(2)8-4-5-10(26-27-25)17(30)14(8)18(16)31/h4-5,7,9,13,19,25,35H,3,6H2,1-2H3,(H4,24,28,31,32,33,34)/p+1/t7-,9+,13+,19+,23+/m0/s1. The lowest BCUT2D eigenvalue weighted by Gasteiger charge is -2.51. The van der Waals surface area contributed by atoms with Crippen LogP contribution in [0.5, 0.6) is 5.75 Å². The van der Waals surface area contributed by atoms with Crippen molar-refractivity contribution in [3.63, 3.8) is 0 Å². The number of aliphatic hydroxyl groups is 3. The Hall–Kier alpha value is -4.35. The predicted octanol–water partition coefficient (Wildman–Crippen LogP) is 1.10. The maximum atomic E-state index is 13.8. The van der Waals surface area contributed by atoms with E-state index in [0.717, 1.165) is 0 Å². The number of primary amides is 1. The molecule has 13 heteroatoms. The molecule has 7 N–H and O–H groups in total. The van der Waals surface area contributed by atoms with Crippen molar-refractivity contribution in [3.8, 4) is 5.75 Å². The summed E-state index contributed by atoms with van der Waals surface area (Å²) >= 11 is 0. The molecule has 1 aromatic rings. The van der Waals surface area contributed by atoms with Crippen LogP contribution in [-0.4, -0.2) is 55.6 Å². The Kier molecular flexibility index (Phi) is 5.78. The Balaban J connectivity index is 2.06. The number of nitrogens with one attached hydrogen (secondary N) is 1. The third-order valence-electron chi connectivity index (χ3n) is 7.16. The summed E-state index contributed by atoms with van der Waals surface area (Å²) in [5, 5.41) is 47.7. The van der Waals surface area contributed by atoms with Crippen molar-refractivity contribution < 1.29 is 44.3 Å². The monoisotopic (exact) mass is 499 g/mol. The van der Waals surface area contributed by atoms with Crippen LogP contribution < -0.4 is 10.6 Å². The summed E-state index contributed by atoms with van der Waals surface area (Å²) in [6.45, 7) is 3.13. The van der Waals surface area contributed by atoms with Crippen LogP contribution in [0.15, 0.2) is 34.2 Å². The molecule has 13 nitrogen and oxygen atoms in total. The molecule has 0 saturated heterocycles. The molecule has 1 amide bonds. The van der Waals surface area contributed by atoms with Gasteiger partial charge >= 0.3 is 5.97 Å². The quantitative estimate of drug-likeness (QED) is 0.150. The Labute approximate surface area is 203 Å². The number of aliphatic hydroxyl groups excluding tert-OH is 2. The third-order valence-corrected chi connectivity index (χ3v) is 7.16. The number of carbonyl (C=O) groups excluding carboxylic acids is 4. The number of ketones is 2. The van der Waals surface area contributed by atoms with E-state index in [-0.39, 0.29) is 17.7 Å². The number of rotatable bonds is 4. The second-order valence-corrected chi connectivity index (χ2v) is 8.90. The normalized spacial score (nSPS) is 29.1. The van der Waals surface area contributed by atoms with Gasteiger partial charge in [0.15, 0.2) is 27.9 Å². The van der Waals surface area contributed by atoms with Gasteiger partial charge in [-0.2, -0.15) is 0 Å². The summed E-state index contributed by atoms with van der Waals surface area (Å²) in [6.07, 6.45) is -2.14. The van der Waals surface area contributed by atoms with E-state index in [0.29, 0.717) is 5.56 Å². The van der Waals surface area contributed by atoms with E-state index < -0.39 is 87.7 Å². The van der Waals surface area contributed by atoms with E-state index in [1.165, 1.54) is 19.1 Å². The van der Waals surface area contributed by atoms with Gasteiger partial charge in [0.2, 0.25) is 10.7 Å². The van der Waals surface area contributed by atoms with Gasteiger partial charge in [0, 0.05) is 30.3 Å². The fourth-order valence-corrected chi connectivity index (χ4v) is 5.48. The SMILES string of the molecule is CCC(=O)O[C@H]1[C@H]2C(=C(O)c3c(ccc(N=[N+]=N)c3O)[C@@H]2C)C(=O)[C@]2(O)C(O)=C(C(N)=O)C(=O)C[C@H]12. The molecule has 1 saturated carbocycles. The number of esters is 1. The number of ether oxygens (including phenoxy) is 1. The highest BCUT2D eigenvalue weighted by Gasteiger charge is 2.66. The average molecular weight is 499 g/mol. The summed E-state index contributed by atoms with van der Waals surface area (Å²) in [6, 6.07) is 2.82. The van der Waals surface area contributed by atoms with Gasteiger partial charge in [-0.05, 0) is 17.5 Å². The number of phenols is 1. The van der Waals surface area contributed by atoms with Crippen LogP contribution in [0.3, 0.4) is 0 Å². The van der Waals surface area contributed by atoms with E-state index >= 15 is 0 Å². The molecule has 0 aromatic heterocycles. The van der Waals surface area contributed by atoms with Crippen molar-refractivity contribution in [2.75, 3.05) is 0 Å². The molecule has 0 unspecified atom stereocenters. The number of nitrogens with zero attached hydrogens (tertiary/aromatic N) is 2. The minimum atomic E-state index is -2.93. The maximum Gasteiger partial charge on any atom is 0.305 e. The van der Waals surface area contributed by atoms with Crippen molar-refractivity contribution >= 4 is 34.9 Å². The number of hydrogen-bond donors (Lipinski definition) is 6. The minimum absolute atomic E-state index is 0.0944. The molecule has 0 bridgehead atoms. The fraction of sp³-hybridized carbons (Fsp3) is 0.391. The molecular formula is C23H23N4O9+. The molecule has 0 heterocycles. The van der Waals surface area contributed by atoms with Gasteiger partial charge in [0.25, 0.3) is 5.91 Å². The van der Waals surface area contributed by atoms with Crippen LogP contribution in [0.1, 0.15) is 43.7 Å². The lowest BCUT2D eigenvalue weighted by molar-refractivity contribution is -0.178. The van der Waals surface area contributed by atoms with Crippen LogP contribution in [0, 0.1) is 17.4 Å². The van der Waals surface area contributed by atoms with Gasteiger partial charge in [0.1, 0.15) is 28.7 Å². The predicted molar refractivity (Wildman–Crippen MR) is 119 cm³/mol. The number of nitrogens with two attached hydrogens (primary N) is 1. The van der Waals surface area contributed by atoms with Gasteiger partial charge in [-0.1, -0.05) is 19.9 Å². The van der Waals surface area contributed by atoms with Crippen LogP contribution in [0.2, 0.25) is 0 Å². The minimum Gasteiger partial charge on any atom is -0.508 e. The van der Waals surface area contributed by atoms with E-state index in [1.807, 2.05) is 0 Å². The summed E-state index contributed by atoms with van der Waals surface area (Å²) in [5.74, 6) is -10.3. The Morgan fingerprint density at radius 1 is 1.28 bits per heavy atom. The van der Waals surface area contributed by atoms with Gasteiger partial charge < -0.3 is 30.9 Å². The Morgan fingerprint density at radius 2 is 1.94 bits per heavy atom. The van der Waals surface area contributed by atoms with Crippen molar-refractivity contribution in [3.05, 3.63) is 40.2 Å². The molecular weight excluding hydrogens is 476 g/mol. The Morgan fingerprint density at radius 3 is 2.53 bits per heavy atom. The maximum absolute atomic E-state index is 13.8. The zero-order valence-electron chi connectivity index (χ0n) is 19.2. The smallest absolute Gasteiger partial charge is 0.305 e. The topological polar surface area (TPSA) is 235 Å². The van der Waals surface area contributed by atoms with Crippen LogP contribution >= 0.6 is 0 Å². The van der Waals surface area contributed by atoms with E-state index in [1.54, 1.807) is 6.92 Å². The summed E-state index contributed by atoms with van der Waals surface area (Å²) in [5.41, 5.74) is 7.67. The number of benzene rings is 1. The number of carbonyl (C=O) groups is 4. The van der Waals surface area contributed by atoms with Gasteiger partial charge in [-0.15, -0.1) is 0 Å². The summed E-state index contributed by atoms with van der Waals surface area (Å²) in [7, 11) is 0. The fourth-order valence-electron chi connectivity index (χ4n) is 5.48. The van der Waals surface area contributed by atoms with Crippen molar-refractivity contribution in [2.24, 2.45) is 22.7 Å². The first-order chi connectivity index (χ1) is 16.9. The molecule has 4 rings (SSSR count). The third kappa shape index (κ3) is 3.17. The number of aromatic hydroxyl groups is 1. The number of hydrogen-bond acceptors (Lipinski definition) is 11. The number of fused-ring (bicyclic) bond motifs is 3. The molecule has 5 atom stereocenters. The summed E-state index contributed by atoms with van der Waals surface area (Å²) in [4.78, 5) is 53.5. The lowest BCUT2D eigenvalue weighted by Crippen LogP contribution is -2.64. The molecule has 0 spiro atoms. The number of amides is 1. The van der Waals surface area contributed by atoms with Gasteiger partial charge in [0.05, 0.1) is 5.56 Å². The average Bonchev–Trinajstić information content (AvgIpc) is 2.82. The Bertz CT molecular complexity index is 1360. The lowest BCUT2D eigenvalue weighted by atomic mass is 9.55. The second kappa shape index (κ2) is 8.40. The second-order valence-electron chi connectivity index (χ2n) is 8.90. The molecule has 1 fully saturated rings. The summed E-state index contributed by atoms with van der Waals surface area (Å²) < 4.78 is 5.59. The molecule has 0 radical (unpaired) electrons. The van der Waals surface area contributed by atoms with Gasteiger partial charge in [-0.3, -0.25) is 19.2 Å². The molecule has 36 heavy (non-hydrogen) atoms. The highest BCUT2D eigenvalue weighted by Crippen LogP contribution is 2.57. The molecule has 188 valence electrons. The van der Waals surface area contributed by atoms with Gasteiger partial charge in [-0.25, -0.2) is 0 Å². The molecule has 1 aromatic carbocycles. The number of phenolic OH excluding ortho intramolecular Hbond substituents is 1. The first-order valence-electron chi connectivity index (χ1n) is 11.0. The molecule has 3 aliphatic rings. The van der Waals surface area contributed by atoms with E-state index in [4.69, 9.17) is 16.0 Å². The largest absolute Gasteiger partial charge is 0.508 e.